The lowest BCUT2D eigenvalue weighted by molar-refractivity contribution is -0.147. The Morgan fingerprint density at radius 1 is 1.53 bits per heavy atom. The minimum atomic E-state index is -0.916. The van der Waals surface area contributed by atoms with Gasteiger partial charge in [0.25, 0.3) is 0 Å². The second-order valence-corrected chi connectivity index (χ2v) is 5.82. The Kier molecular flexibility index (Phi) is 4.42. The largest absolute Gasteiger partial charge is 0.480 e. The van der Waals surface area contributed by atoms with E-state index in [0.29, 0.717) is 13.0 Å². The third kappa shape index (κ3) is 3.26. The zero-order valence-corrected chi connectivity index (χ0v) is 11.5. The van der Waals surface area contributed by atoms with E-state index in [0.717, 1.165) is 11.4 Å². The molecule has 5 nitrogen and oxygen atoms in total. The Morgan fingerprint density at radius 3 is 2.95 bits per heavy atom. The molecule has 0 saturated carbocycles. The van der Waals surface area contributed by atoms with Crippen LogP contribution in [0.25, 0.3) is 0 Å². The molecule has 1 N–H and O–H groups in total. The predicted octanol–water partition coefficient (Wildman–Crippen LogP) is 1.64. The van der Waals surface area contributed by atoms with E-state index in [4.69, 9.17) is 5.11 Å². The molecule has 0 aliphatic carbocycles. The minimum Gasteiger partial charge on any atom is -0.480 e. The van der Waals surface area contributed by atoms with Crippen molar-refractivity contribution in [2.45, 2.75) is 36.1 Å². The van der Waals surface area contributed by atoms with Gasteiger partial charge in [-0.25, -0.2) is 9.78 Å². The average Bonchev–Trinajstić information content (AvgIpc) is 2.88. The van der Waals surface area contributed by atoms with Crippen molar-refractivity contribution in [2.24, 2.45) is 0 Å². The van der Waals surface area contributed by atoms with Gasteiger partial charge in [0.1, 0.15) is 6.04 Å². The molecule has 1 aromatic heterocycles. The van der Waals surface area contributed by atoms with Crippen molar-refractivity contribution < 1.29 is 14.7 Å². The monoisotopic (exact) mass is 280 g/mol. The first-order valence-electron chi connectivity index (χ1n) is 6.20. The van der Waals surface area contributed by atoms with Gasteiger partial charge in [0.05, 0.1) is 10.3 Å². The first-order chi connectivity index (χ1) is 9.09. The number of thioether (sulfide) groups is 1. The van der Waals surface area contributed by atoms with E-state index >= 15 is 0 Å². The molecule has 2 heterocycles. The van der Waals surface area contributed by atoms with Crippen LogP contribution in [0.3, 0.4) is 0 Å². The van der Waals surface area contributed by atoms with E-state index in [-0.39, 0.29) is 11.2 Å². The molecule has 102 valence electrons. The summed E-state index contributed by atoms with van der Waals surface area (Å²) in [5, 5.41) is 9.54. The van der Waals surface area contributed by atoms with Crippen LogP contribution >= 0.6 is 11.8 Å². The number of hydrogen-bond donors (Lipinski definition) is 1. The summed E-state index contributed by atoms with van der Waals surface area (Å²) in [6.07, 6.45) is 2.97. The average molecular weight is 280 g/mol. The van der Waals surface area contributed by atoms with Crippen molar-refractivity contribution in [3.05, 3.63) is 24.4 Å². The smallest absolute Gasteiger partial charge is 0.326 e. The van der Waals surface area contributed by atoms with Gasteiger partial charge in [-0.1, -0.05) is 17.8 Å². The van der Waals surface area contributed by atoms with Crippen LogP contribution in [0.1, 0.15) is 19.8 Å². The summed E-state index contributed by atoms with van der Waals surface area (Å²) in [7, 11) is 0. The molecule has 1 unspecified atom stereocenters. The van der Waals surface area contributed by atoms with Crippen LogP contribution in [0, 0.1) is 0 Å². The Balaban J connectivity index is 2.01. The number of carboxylic acids is 1. The first-order valence-corrected chi connectivity index (χ1v) is 7.08. The topological polar surface area (TPSA) is 70.5 Å². The number of pyridine rings is 1. The van der Waals surface area contributed by atoms with E-state index < -0.39 is 12.0 Å². The fraction of sp³-hybridized carbons (Fsp3) is 0.462. The van der Waals surface area contributed by atoms with Crippen LogP contribution in [-0.2, 0) is 9.59 Å². The fourth-order valence-corrected chi connectivity index (χ4v) is 3.05. The Hall–Kier alpha value is -1.56. The summed E-state index contributed by atoms with van der Waals surface area (Å²) >= 11 is 1.36. The number of aromatic nitrogens is 1. The normalized spacial score (nSPS) is 20.3. The highest BCUT2D eigenvalue weighted by Gasteiger charge is 2.36. The quantitative estimate of drug-likeness (QED) is 0.849. The van der Waals surface area contributed by atoms with Gasteiger partial charge < -0.3 is 10.0 Å². The Labute approximate surface area is 116 Å². The fourth-order valence-electron chi connectivity index (χ4n) is 2.17. The number of amides is 1. The molecule has 1 saturated heterocycles. The highest BCUT2D eigenvalue weighted by Crippen LogP contribution is 2.26. The van der Waals surface area contributed by atoms with Crippen molar-refractivity contribution in [3.8, 4) is 0 Å². The zero-order chi connectivity index (χ0) is 13.8. The van der Waals surface area contributed by atoms with E-state index in [1.807, 2.05) is 18.2 Å². The molecule has 1 aromatic rings. The SMILES string of the molecule is CC(Sc1ccccn1)C(=O)N1CCC[C@@H]1C(=O)O. The van der Waals surface area contributed by atoms with Crippen LogP contribution < -0.4 is 0 Å². The summed E-state index contributed by atoms with van der Waals surface area (Å²) in [5.41, 5.74) is 0. The third-order valence-electron chi connectivity index (χ3n) is 3.10. The molecule has 1 aliphatic heterocycles. The molecular weight excluding hydrogens is 264 g/mol. The molecule has 19 heavy (non-hydrogen) atoms. The number of aliphatic carboxylic acids is 1. The lowest BCUT2D eigenvalue weighted by Crippen LogP contribution is -2.43. The van der Waals surface area contributed by atoms with Crippen LogP contribution in [0.5, 0.6) is 0 Å². The van der Waals surface area contributed by atoms with Crippen molar-refractivity contribution in [1.29, 1.82) is 0 Å². The van der Waals surface area contributed by atoms with Crippen LogP contribution in [0.15, 0.2) is 29.4 Å². The molecular formula is C13H16N2O3S. The molecule has 1 fully saturated rings. The number of hydrogen-bond acceptors (Lipinski definition) is 4. The number of carboxylic acid groups (broad SMARTS) is 1. The molecule has 1 aliphatic rings. The second kappa shape index (κ2) is 6.06. The minimum absolute atomic E-state index is 0.124. The van der Waals surface area contributed by atoms with E-state index in [1.54, 1.807) is 13.1 Å². The molecule has 2 rings (SSSR count). The zero-order valence-electron chi connectivity index (χ0n) is 10.7. The van der Waals surface area contributed by atoms with E-state index in [2.05, 4.69) is 4.98 Å². The highest BCUT2D eigenvalue weighted by atomic mass is 32.2. The van der Waals surface area contributed by atoms with Gasteiger partial charge in [0.15, 0.2) is 0 Å². The van der Waals surface area contributed by atoms with Gasteiger partial charge in [-0.05, 0) is 31.9 Å². The maximum atomic E-state index is 12.3. The standard InChI is InChI=1S/C13H16N2O3S/c1-9(19-11-6-2-3-7-14-11)12(16)15-8-4-5-10(15)13(17)18/h2-3,6-7,9-10H,4-5,8H2,1H3,(H,17,18)/t9?,10-/m1/s1. The highest BCUT2D eigenvalue weighted by molar-refractivity contribution is 8.00. The lowest BCUT2D eigenvalue weighted by atomic mass is 10.2. The van der Waals surface area contributed by atoms with Crippen LogP contribution in [0.2, 0.25) is 0 Å². The van der Waals surface area contributed by atoms with Crippen LogP contribution in [-0.4, -0.2) is 44.7 Å². The Bertz CT molecular complexity index is 466. The summed E-state index contributed by atoms with van der Waals surface area (Å²) in [6.45, 7) is 2.32. The second-order valence-electron chi connectivity index (χ2n) is 4.46. The van der Waals surface area contributed by atoms with Gasteiger partial charge in [-0.2, -0.15) is 0 Å². The number of nitrogens with zero attached hydrogens (tertiary/aromatic N) is 2. The molecule has 0 aromatic carbocycles. The van der Waals surface area contributed by atoms with Gasteiger partial charge in [0, 0.05) is 12.7 Å². The summed E-state index contributed by atoms with van der Waals surface area (Å²) < 4.78 is 0. The summed E-state index contributed by atoms with van der Waals surface area (Å²) in [6, 6.07) is 4.85. The molecule has 2 atom stereocenters. The van der Waals surface area contributed by atoms with E-state index in [9.17, 15) is 9.59 Å². The Morgan fingerprint density at radius 2 is 2.32 bits per heavy atom. The third-order valence-corrected chi connectivity index (χ3v) is 4.14. The maximum absolute atomic E-state index is 12.3. The summed E-state index contributed by atoms with van der Waals surface area (Å²) in [4.78, 5) is 29.0. The molecule has 0 bridgehead atoms. The van der Waals surface area contributed by atoms with E-state index in [1.165, 1.54) is 16.7 Å². The number of rotatable bonds is 4. The number of carbonyl (C=O) groups is 2. The van der Waals surface area contributed by atoms with Gasteiger partial charge >= 0.3 is 5.97 Å². The van der Waals surface area contributed by atoms with Gasteiger partial charge in [0.2, 0.25) is 5.91 Å². The molecule has 6 heteroatoms. The molecule has 1 amide bonds. The lowest BCUT2D eigenvalue weighted by Gasteiger charge is -2.24. The van der Waals surface area contributed by atoms with Gasteiger partial charge in [-0.3, -0.25) is 4.79 Å². The van der Waals surface area contributed by atoms with Crippen molar-refractivity contribution in [3.63, 3.8) is 0 Å². The first kappa shape index (κ1) is 13.9. The number of likely N-dealkylation sites (tertiary alicyclic amines) is 1. The summed E-state index contributed by atoms with van der Waals surface area (Å²) in [5.74, 6) is -1.04. The van der Waals surface area contributed by atoms with Gasteiger partial charge in [-0.15, -0.1) is 0 Å². The predicted molar refractivity (Wildman–Crippen MR) is 71.9 cm³/mol. The van der Waals surface area contributed by atoms with Crippen molar-refractivity contribution in [2.75, 3.05) is 6.54 Å². The molecule has 0 radical (unpaired) electrons. The number of carbonyl (C=O) groups excluding carboxylic acids is 1. The van der Waals surface area contributed by atoms with Crippen molar-refractivity contribution in [1.82, 2.24) is 9.88 Å². The van der Waals surface area contributed by atoms with Crippen LogP contribution in [0.4, 0.5) is 0 Å². The molecule has 0 spiro atoms. The van der Waals surface area contributed by atoms with Crippen molar-refractivity contribution >= 4 is 23.6 Å². The maximum Gasteiger partial charge on any atom is 0.326 e.